The molecule has 2 aromatic carbocycles. The Bertz CT molecular complexity index is 986. The molecule has 1 heterocycles. The highest BCUT2D eigenvalue weighted by molar-refractivity contribution is 6.03. The third-order valence-electron chi connectivity index (χ3n) is 3.93. The van der Waals surface area contributed by atoms with Gasteiger partial charge in [-0.05, 0) is 55.5 Å². The monoisotopic (exact) mass is 390 g/mol. The van der Waals surface area contributed by atoms with Crippen LogP contribution >= 0.6 is 0 Å². The number of amides is 2. The summed E-state index contributed by atoms with van der Waals surface area (Å²) in [5.41, 5.74) is 3.19. The van der Waals surface area contributed by atoms with Gasteiger partial charge in [0.25, 0.3) is 5.91 Å². The van der Waals surface area contributed by atoms with Gasteiger partial charge < -0.3 is 20.7 Å². The van der Waals surface area contributed by atoms with Crippen molar-refractivity contribution in [3.63, 3.8) is 0 Å². The number of pyridine rings is 1. The van der Waals surface area contributed by atoms with Gasteiger partial charge in [0.15, 0.2) is 0 Å². The van der Waals surface area contributed by atoms with Crippen LogP contribution in [0.3, 0.4) is 0 Å². The lowest BCUT2D eigenvalue weighted by molar-refractivity contribution is -0.114. The number of aromatic nitrogens is 1. The van der Waals surface area contributed by atoms with Crippen molar-refractivity contribution in [2.45, 2.75) is 13.8 Å². The number of carbonyl (C=O) groups is 2. The first-order valence-corrected chi connectivity index (χ1v) is 9.19. The predicted octanol–water partition coefficient (Wildman–Crippen LogP) is 4.43. The van der Waals surface area contributed by atoms with Crippen LogP contribution in [-0.2, 0) is 4.79 Å². The van der Waals surface area contributed by atoms with E-state index in [2.05, 4.69) is 20.9 Å². The van der Waals surface area contributed by atoms with E-state index in [1.54, 1.807) is 42.6 Å². The molecule has 1 aromatic heterocycles. The van der Waals surface area contributed by atoms with E-state index in [4.69, 9.17) is 4.74 Å². The molecular weight excluding hydrogens is 368 g/mol. The molecule has 0 saturated heterocycles. The van der Waals surface area contributed by atoms with Gasteiger partial charge in [0.1, 0.15) is 11.4 Å². The second-order valence-corrected chi connectivity index (χ2v) is 6.20. The van der Waals surface area contributed by atoms with Crippen LogP contribution < -0.4 is 20.7 Å². The number of para-hydroxylation sites is 2. The van der Waals surface area contributed by atoms with Crippen LogP contribution in [0.5, 0.6) is 5.75 Å². The summed E-state index contributed by atoms with van der Waals surface area (Å²) < 4.78 is 5.52. The molecule has 0 aliphatic carbocycles. The van der Waals surface area contributed by atoms with Crippen LogP contribution in [0.4, 0.5) is 22.7 Å². The lowest BCUT2D eigenvalue weighted by Crippen LogP contribution is -2.14. The minimum absolute atomic E-state index is 0.118. The summed E-state index contributed by atoms with van der Waals surface area (Å²) in [5, 5.41) is 8.74. The first-order valence-electron chi connectivity index (χ1n) is 9.19. The molecule has 7 nitrogen and oxygen atoms in total. The van der Waals surface area contributed by atoms with Crippen molar-refractivity contribution in [1.29, 1.82) is 0 Å². The zero-order valence-corrected chi connectivity index (χ0v) is 16.2. The van der Waals surface area contributed by atoms with Gasteiger partial charge in [0, 0.05) is 18.3 Å². The maximum absolute atomic E-state index is 12.5. The smallest absolute Gasteiger partial charge is 0.274 e. The standard InChI is InChI=1S/C22H22N4O3/c1-3-29-21-7-5-4-6-19(21)26-22(28)20-13-12-18(14-23-20)25-17-10-8-16(9-11-17)24-15(2)27/h4-14,25H,3H2,1-2H3,(H,24,27)(H,26,28). The summed E-state index contributed by atoms with van der Waals surface area (Å²) in [6.45, 7) is 3.86. The molecule has 3 aromatic rings. The number of rotatable bonds is 7. The van der Waals surface area contributed by atoms with Gasteiger partial charge in [-0.15, -0.1) is 0 Å². The second kappa shape index (κ2) is 9.36. The number of nitrogens with zero attached hydrogens (tertiary/aromatic N) is 1. The van der Waals surface area contributed by atoms with Crippen LogP contribution in [0.15, 0.2) is 66.9 Å². The molecule has 0 saturated carbocycles. The zero-order valence-electron chi connectivity index (χ0n) is 16.2. The molecule has 0 atom stereocenters. The molecule has 0 unspecified atom stereocenters. The van der Waals surface area contributed by atoms with E-state index in [1.165, 1.54) is 6.92 Å². The minimum Gasteiger partial charge on any atom is -0.492 e. The van der Waals surface area contributed by atoms with Crippen molar-refractivity contribution >= 4 is 34.6 Å². The largest absolute Gasteiger partial charge is 0.492 e. The summed E-state index contributed by atoms with van der Waals surface area (Å²) in [6.07, 6.45) is 1.59. The Labute approximate surface area is 169 Å². The Morgan fingerprint density at radius 2 is 1.59 bits per heavy atom. The average molecular weight is 390 g/mol. The maximum Gasteiger partial charge on any atom is 0.274 e. The third-order valence-corrected chi connectivity index (χ3v) is 3.93. The topological polar surface area (TPSA) is 92.4 Å². The van der Waals surface area contributed by atoms with E-state index in [9.17, 15) is 9.59 Å². The summed E-state index contributed by atoms with van der Waals surface area (Å²) in [7, 11) is 0. The van der Waals surface area contributed by atoms with Gasteiger partial charge in [-0.1, -0.05) is 12.1 Å². The average Bonchev–Trinajstić information content (AvgIpc) is 2.71. The van der Waals surface area contributed by atoms with Crippen molar-refractivity contribution in [1.82, 2.24) is 4.98 Å². The molecular formula is C22H22N4O3. The van der Waals surface area contributed by atoms with E-state index in [-0.39, 0.29) is 11.8 Å². The highest BCUT2D eigenvalue weighted by Crippen LogP contribution is 2.24. The van der Waals surface area contributed by atoms with Crippen molar-refractivity contribution < 1.29 is 14.3 Å². The highest BCUT2D eigenvalue weighted by atomic mass is 16.5. The number of anilines is 4. The predicted molar refractivity (Wildman–Crippen MR) is 114 cm³/mol. The Balaban J connectivity index is 1.64. The molecule has 7 heteroatoms. The second-order valence-electron chi connectivity index (χ2n) is 6.20. The van der Waals surface area contributed by atoms with E-state index in [1.807, 2.05) is 31.2 Å². The number of hydrogen-bond donors (Lipinski definition) is 3. The fraction of sp³-hybridized carbons (Fsp3) is 0.136. The van der Waals surface area contributed by atoms with Crippen LogP contribution in [0.25, 0.3) is 0 Å². The Morgan fingerprint density at radius 3 is 2.24 bits per heavy atom. The van der Waals surface area contributed by atoms with Crippen molar-refractivity contribution in [3.05, 3.63) is 72.6 Å². The zero-order chi connectivity index (χ0) is 20.6. The van der Waals surface area contributed by atoms with Crippen LogP contribution in [0, 0.1) is 0 Å². The van der Waals surface area contributed by atoms with Crippen molar-refractivity contribution in [2.75, 3.05) is 22.6 Å². The quantitative estimate of drug-likeness (QED) is 0.555. The number of nitrogens with one attached hydrogen (secondary N) is 3. The summed E-state index contributed by atoms with van der Waals surface area (Å²) in [6, 6.07) is 18.0. The molecule has 3 rings (SSSR count). The van der Waals surface area contributed by atoms with Gasteiger partial charge in [-0.25, -0.2) is 4.98 Å². The van der Waals surface area contributed by atoms with Gasteiger partial charge in [-0.3, -0.25) is 9.59 Å². The lowest BCUT2D eigenvalue weighted by atomic mass is 10.2. The number of benzene rings is 2. The summed E-state index contributed by atoms with van der Waals surface area (Å²) in [4.78, 5) is 27.8. The van der Waals surface area contributed by atoms with E-state index in [0.29, 0.717) is 23.7 Å². The van der Waals surface area contributed by atoms with E-state index >= 15 is 0 Å². The fourth-order valence-corrected chi connectivity index (χ4v) is 2.65. The Kier molecular flexibility index (Phi) is 6.42. The van der Waals surface area contributed by atoms with Crippen LogP contribution in [-0.4, -0.2) is 23.4 Å². The maximum atomic E-state index is 12.5. The summed E-state index contributed by atoms with van der Waals surface area (Å²) in [5.74, 6) is 0.181. The third kappa shape index (κ3) is 5.55. The molecule has 2 amide bonds. The van der Waals surface area contributed by atoms with E-state index < -0.39 is 0 Å². The Morgan fingerprint density at radius 1 is 0.897 bits per heavy atom. The first kappa shape index (κ1) is 19.9. The molecule has 0 aliphatic heterocycles. The van der Waals surface area contributed by atoms with Gasteiger partial charge in [-0.2, -0.15) is 0 Å². The number of carbonyl (C=O) groups excluding carboxylic acids is 2. The summed E-state index contributed by atoms with van der Waals surface area (Å²) >= 11 is 0. The molecule has 3 N–H and O–H groups in total. The fourth-order valence-electron chi connectivity index (χ4n) is 2.65. The molecule has 0 radical (unpaired) electrons. The highest BCUT2D eigenvalue weighted by Gasteiger charge is 2.11. The molecule has 148 valence electrons. The number of ether oxygens (including phenoxy) is 1. The van der Waals surface area contributed by atoms with Gasteiger partial charge >= 0.3 is 0 Å². The number of hydrogen-bond acceptors (Lipinski definition) is 5. The van der Waals surface area contributed by atoms with Crippen LogP contribution in [0.1, 0.15) is 24.3 Å². The molecule has 0 bridgehead atoms. The molecule has 29 heavy (non-hydrogen) atoms. The Hall–Kier alpha value is -3.87. The van der Waals surface area contributed by atoms with Gasteiger partial charge in [0.2, 0.25) is 5.91 Å². The SMILES string of the molecule is CCOc1ccccc1NC(=O)c1ccc(Nc2ccc(NC(C)=O)cc2)cn1. The van der Waals surface area contributed by atoms with Gasteiger partial charge in [0.05, 0.1) is 24.2 Å². The molecule has 0 aliphatic rings. The molecule has 0 fully saturated rings. The minimum atomic E-state index is -0.316. The lowest BCUT2D eigenvalue weighted by Gasteiger charge is -2.11. The first-order chi connectivity index (χ1) is 14.0. The van der Waals surface area contributed by atoms with Crippen molar-refractivity contribution in [3.8, 4) is 5.75 Å². The molecule has 0 spiro atoms. The van der Waals surface area contributed by atoms with E-state index in [0.717, 1.165) is 17.1 Å². The van der Waals surface area contributed by atoms with Crippen molar-refractivity contribution in [2.24, 2.45) is 0 Å². The normalized spacial score (nSPS) is 10.1. The van der Waals surface area contributed by atoms with Crippen LogP contribution in [0.2, 0.25) is 0 Å².